The van der Waals surface area contributed by atoms with Crippen molar-refractivity contribution < 1.29 is 19.4 Å². The lowest BCUT2D eigenvalue weighted by molar-refractivity contribution is -0.177. The van der Waals surface area contributed by atoms with Crippen LogP contribution in [-0.2, 0) is 26.2 Å². The van der Waals surface area contributed by atoms with Gasteiger partial charge < -0.3 is 15.2 Å². The van der Waals surface area contributed by atoms with Crippen LogP contribution in [0.2, 0.25) is 0 Å². The lowest BCUT2D eigenvalue weighted by Gasteiger charge is -2.62. The molecule has 4 bridgehead atoms. The first kappa shape index (κ1) is 23.4. The van der Waals surface area contributed by atoms with E-state index in [0.717, 1.165) is 64.2 Å². The summed E-state index contributed by atoms with van der Waals surface area (Å²) in [4.78, 5) is 27.4. The van der Waals surface area contributed by atoms with Gasteiger partial charge in [-0.1, -0.05) is 26.3 Å². The molecule has 7 rings (SSSR count). The summed E-state index contributed by atoms with van der Waals surface area (Å²) in [6.07, 6.45) is 10.7. The van der Waals surface area contributed by atoms with E-state index in [9.17, 15) is 14.7 Å². The van der Waals surface area contributed by atoms with Crippen LogP contribution in [0.15, 0.2) is 18.2 Å². The molecule has 5 nitrogen and oxygen atoms in total. The van der Waals surface area contributed by atoms with Crippen molar-refractivity contribution in [3.05, 3.63) is 29.3 Å². The molecular weight excluding hydrogens is 438 g/mol. The van der Waals surface area contributed by atoms with Crippen LogP contribution in [0.4, 0.5) is 0 Å². The summed E-state index contributed by atoms with van der Waals surface area (Å²) in [7, 11) is 0. The summed E-state index contributed by atoms with van der Waals surface area (Å²) in [5, 5.41) is 13.9. The number of aromatic hydroxyl groups is 1. The SMILES string of the molecule is CCOC(=O)C12CC3CC(CC(NC(=O)[C@@]4(C)CCC[C@]5(C)c6cc(O)ccc6CC[C@@H]45)(C3)C1)C2. The summed E-state index contributed by atoms with van der Waals surface area (Å²) in [6.45, 7) is 6.82. The molecule has 0 spiro atoms. The van der Waals surface area contributed by atoms with E-state index in [1.165, 1.54) is 17.5 Å². The van der Waals surface area contributed by atoms with E-state index in [1.54, 1.807) is 6.07 Å². The lowest BCUT2D eigenvalue weighted by Crippen LogP contribution is -2.67. The van der Waals surface area contributed by atoms with Gasteiger partial charge in [-0.25, -0.2) is 0 Å². The van der Waals surface area contributed by atoms with E-state index in [4.69, 9.17) is 4.74 Å². The Kier molecular flexibility index (Phi) is 5.16. The van der Waals surface area contributed by atoms with Gasteiger partial charge in [0.1, 0.15) is 5.75 Å². The minimum absolute atomic E-state index is 0.0344. The average molecular weight is 480 g/mol. The number of esters is 1. The zero-order chi connectivity index (χ0) is 24.6. The third-order valence-electron chi connectivity index (χ3n) is 11.0. The Hall–Kier alpha value is -2.04. The molecule has 190 valence electrons. The number of hydrogen-bond acceptors (Lipinski definition) is 4. The molecule has 5 saturated carbocycles. The topological polar surface area (TPSA) is 75.6 Å². The van der Waals surface area contributed by atoms with Crippen LogP contribution in [-0.4, -0.2) is 29.1 Å². The maximum Gasteiger partial charge on any atom is 0.312 e. The number of carbonyl (C=O) groups is 2. The van der Waals surface area contributed by atoms with Crippen molar-refractivity contribution in [1.29, 1.82) is 0 Å². The zero-order valence-corrected chi connectivity index (χ0v) is 21.6. The molecule has 1 aromatic carbocycles. The van der Waals surface area contributed by atoms with E-state index < -0.39 is 10.8 Å². The van der Waals surface area contributed by atoms with Crippen molar-refractivity contribution in [1.82, 2.24) is 5.32 Å². The number of fused-ring (bicyclic) bond motifs is 3. The summed E-state index contributed by atoms with van der Waals surface area (Å²) in [5.74, 6) is 1.74. The van der Waals surface area contributed by atoms with Crippen LogP contribution in [0, 0.1) is 28.6 Å². The number of carbonyl (C=O) groups excluding carboxylic acids is 2. The van der Waals surface area contributed by atoms with Crippen molar-refractivity contribution >= 4 is 11.9 Å². The van der Waals surface area contributed by atoms with Crippen molar-refractivity contribution in [2.24, 2.45) is 28.6 Å². The smallest absolute Gasteiger partial charge is 0.312 e. The Morgan fingerprint density at radius 2 is 1.86 bits per heavy atom. The van der Waals surface area contributed by atoms with Gasteiger partial charge in [-0.3, -0.25) is 9.59 Å². The molecule has 5 heteroatoms. The Balaban J connectivity index is 1.30. The van der Waals surface area contributed by atoms with Gasteiger partial charge in [0.2, 0.25) is 5.91 Å². The normalized spacial score (nSPS) is 43.2. The largest absolute Gasteiger partial charge is 0.508 e. The minimum Gasteiger partial charge on any atom is -0.508 e. The summed E-state index contributed by atoms with van der Waals surface area (Å²) >= 11 is 0. The minimum atomic E-state index is -0.448. The molecule has 5 fully saturated rings. The van der Waals surface area contributed by atoms with E-state index in [-0.39, 0.29) is 28.7 Å². The summed E-state index contributed by atoms with van der Waals surface area (Å²) in [6, 6.07) is 5.82. The van der Waals surface area contributed by atoms with Crippen LogP contribution in [0.5, 0.6) is 5.75 Å². The van der Waals surface area contributed by atoms with Gasteiger partial charge in [-0.15, -0.1) is 0 Å². The average Bonchev–Trinajstić information content (AvgIpc) is 2.78. The van der Waals surface area contributed by atoms with Gasteiger partial charge >= 0.3 is 5.97 Å². The fourth-order valence-corrected chi connectivity index (χ4v) is 10.0. The third-order valence-corrected chi connectivity index (χ3v) is 11.0. The van der Waals surface area contributed by atoms with E-state index in [2.05, 4.69) is 25.2 Å². The second-order valence-electron chi connectivity index (χ2n) is 13.3. The highest BCUT2D eigenvalue weighted by Gasteiger charge is 2.63. The molecule has 2 unspecified atom stereocenters. The number of amides is 1. The van der Waals surface area contributed by atoms with Crippen molar-refractivity contribution in [3.8, 4) is 5.75 Å². The Labute approximate surface area is 209 Å². The molecule has 1 amide bonds. The molecule has 0 saturated heterocycles. The zero-order valence-electron chi connectivity index (χ0n) is 21.6. The summed E-state index contributed by atoms with van der Waals surface area (Å²) in [5.41, 5.74) is 1.33. The maximum absolute atomic E-state index is 14.3. The highest BCUT2D eigenvalue weighted by Crippen LogP contribution is 2.63. The molecular formula is C30H41NO4. The Bertz CT molecular complexity index is 1050. The number of aryl methyl sites for hydroxylation is 1. The fourth-order valence-electron chi connectivity index (χ4n) is 10.0. The Morgan fingerprint density at radius 3 is 2.57 bits per heavy atom. The van der Waals surface area contributed by atoms with Crippen molar-refractivity contribution in [2.45, 2.75) is 102 Å². The number of hydrogen-bond donors (Lipinski definition) is 2. The standard InChI is InChI=1S/C30H41NO4/c1-4-35-26(34)29-14-19-12-20(15-29)17-30(16-19,18-29)31-25(33)28(3)11-5-10-27(2)23-13-22(32)8-6-21(23)7-9-24(27)28/h6,8,13,19-20,24,32H,4-5,7,9-12,14-18H2,1-3H3,(H,31,33)/t19?,20?,24-,27-,28+,29?,30?/m1/s1. The molecule has 1 aromatic rings. The van der Waals surface area contributed by atoms with E-state index in [0.29, 0.717) is 24.2 Å². The highest BCUT2D eigenvalue weighted by atomic mass is 16.5. The van der Waals surface area contributed by atoms with Gasteiger partial charge in [-0.2, -0.15) is 0 Å². The predicted octanol–water partition coefficient (Wildman–Crippen LogP) is 5.42. The fraction of sp³-hybridized carbons (Fsp3) is 0.733. The van der Waals surface area contributed by atoms with Crippen LogP contribution in [0.3, 0.4) is 0 Å². The van der Waals surface area contributed by atoms with Gasteiger partial charge in [0.05, 0.1) is 17.4 Å². The second-order valence-corrected chi connectivity index (χ2v) is 13.3. The molecule has 0 heterocycles. The first-order chi connectivity index (χ1) is 16.6. The summed E-state index contributed by atoms with van der Waals surface area (Å²) < 4.78 is 5.57. The molecule has 6 aliphatic carbocycles. The molecule has 0 aromatic heterocycles. The number of rotatable bonds is 4. The number of nitrogens with one attached hydrogen (secondary N) is 1. The molecule has 0 aliphatic heterocycles. The van der Waals surface area contributed by atoms with Crippen LogP contribution >= 0.6 is 0 Å². The second kappa shape index (κ2) is 7.73. The number of benzene rings is 1. The monoisotopic (exact) mass is 479 g/mol. The van der Waals surface area contributed by atoms with Crippen LogP contribution in [0.1, 0.15) is 96.1 Å². The van der Waals surface area contributed by atoms with Crippen molar-refractivity contribution in [2.75, 3.05) is 6.61 Å². The Morgan fingerprint density at radius 1 is 1.11 bits per heavy atom. The van der Waals surface area contributed by atoms with Crippen molar-refractivity contribution in [3.63, 3.8) is 0 Å². The number of phenolic OH excluding ortho intramolecular Hbond substituents is 1. The first-order valence-electron chi connectivity index (χ1n) is 13.9. The van der Waals surface area contributed by atoms with Crippen LogP contribution < -0.4 is 5.32 Å². The molecule has 35 heavy (non-hydrogen) atoms. The third kappa shape index (κ3) is 3.39. The molecule has 2 N–H and O–H groups in total. The highest BCUT2D eigenvalue weighted by molar-refractivity contribution is 5.84. The molecule has 6 aliphatic rings. The number of ether oxygens (including phenoxy) is 1. The molecule has 0 radical (unpaired) electrons. The van der Waals surface area contributed by atoms with Gasteiger partial charge in [0.15, 0.2) is 0 Å². The maximum atomic E-state index is 14.3. The predicted molar refractivity (Wildman–Crippen MR) is 134 cm³/mol. The quantitative estimate of drug-likeness (QED) is 0.566. The van der Waals surface area contributed by atoms with Gasteiger partial charge in [-0.05, 0) is 118 Å². The molecule has 5 atom stereocenters. The van der Waals surface area contributed by atoms with E-state index >= 15 is 0 Å². The van der Waals surface area contributed by atoms with Gasteiger partial charge in [0, 0.05) is 5.54 Å². The van der Waals surface area contributed by atoms with E-state index in [1.807, 2.05) is 13.0 Å². The number of phenols is 1. The lowest BCUT2D eigenvalue weighted by atomic mass is 9.46. The van der Waals surface area contributed by atoms with Gasteiger partial charge in [0.25, 0.3) is 0 Å². The first-order valence-corrected chi connectivity index (χ1v) is 13.9. The van der Waals surface area contributed by atoms with Crippen LogP contribution in [0.25, 0.3) is 0 Å².